The number of nitrogens with one attached hydrogen (secondary N) is 1. The fourth-order valence-corrected chi connectivity index (χ4v) is 2.73. The first-order valence-corrected chi connectivity index (χ1v) is 7.33. The van der Waals surface area contributed by atoms with Crippen LogP contribution in [0.5, 0.6) is 0 Å². The summed E-state index contributed by atoms with van der Waals surface area (Å²) in [6.45, 7) is 2.91. The summed E-state index contributed by atoms with van der Waals surface area (Å²) in [4.78, 5) is 0. The van der Waals surface area contributed by atoms with Gasteiger partial charge in [0.2, 0.25) is 0 Å². The van der Waals surface area contributed by atoms with Crippen molar-refractivity contribution in [3.05, 3.63) is 51.8 Å². The first-order valence-electron chi connectivity index (χ1n) is 6.57. The Morgan fingerprint density at radius 3 is 2.85 bits per heavy atom. The summed E-state index contributed by atoms with van der Waals surface area (Å²) < 4.78 is 1.90. The van der Waals surface area contributed by atoms with E-state index in [1.807, 2.05) is 28.9 Å². The Kier molecular flexibility index (Phi) is 5.43. The van der Waals surface area contributed by atoms with Crippen molar-refractivity contribution in [2.75, 3.05) is 0 Å². The van der Waals surface area contributed by atoms with Crippen LogP contribution < -0.4 is 11.3 Å². The molecule has 20 heavy (non-hydrogen) atoms. The molecule has 0 amide bonds. The van der Waals surface area contributed by atoms with Gasteiger partial charge in [0.25, 0.3) is 0 Å². The van der Waals surface area contributed by atoms with Gasteiger partial charge in [-0.3, -0.25) is 16.0 Å². The quantitative estimate of drug-likeness (QED) is 0.635. The van der Waals surface area contributed by atoms with Gasteiger partial charge in [0.1, 0.15) is 0 Å². The Labute approximate surface area is 128 Å². The zero-order valence-corrected chi connectivity index (χ0v) is 12.8. The minimum atomic E-state index is -0.102. The van der Waals surface area contributed by atoms with Crippen LogP contribution in [-0.2, 0) is 13.0 Å². The van der Waals surface area contributed by atoms with Crippen LogP contribution in [0.15, 0.2) is 30.5 Å². The molecule has 0 bridgehead atoms. The fraction of sp³-hybridized carbons (Fsp3) is 0.357. The fourth-order valence-electron chi connectivity index (χ4n) is 2.24. The average molecular weight is 313 g/mol. The molecule has 1 aromatic carbocycles. The highest BCUT2D eigenvalue weighted by atomic mass is 35.5. The summed E-state index contributed by atoms with van der Waals surface area (Å²) in [5.74, 6) is 5.70. The lowest BCUT2D eigenvalue weighted by Crippen LogP contribution is -2.31. The van der Waals surface area contributed by atoms with Crippen LogP contribution in [0.4, 0.5) is 0 Å². The summed E-state index contributed by atoms with van der Waals surface area (Å²) in [5.41, 5.74) is 4.83. The van der Waals surface area contributed by atoms with Gasteiger partial charge >= 0.3 is 0 Å². The lowest BCUT2D eigenvalue weighted by Gasteiger charge is -2.18. The number of hydrazine groups is 1. The number of halogens is 2. The zero-order valence-electron chi connectivity index (χ0n) is 11.3. The molecule has 4 nitrogen and oxygen atoms in total. The first kappa shape index (κ1) is 15.3. The Hall–Kier alpha value is -1.07. The second kappa shape index (κ2) is 7.09. The van der Waals surface area contributed by atoms with Crippen molar-refractivity contribution in [3.63, 3.8) is 0 Å². The number of aromatic nitrogens is 2. The van der Waals surface area contributed by atoms with Crippen LogP contribution >= 0.6 is 23.2 Å². The van der Waals surface area contributed by atoms with E-state index >= 15 is 0 Å². The van der Waals surface area contributed by atoms with Gasteiger partial charge in [0, 0.05) is 11.6 Å². The van der Waals surface area contributed by atoms with Gasteiger partial charge in [-0.05, 0) is 30.5 Å². The Morgan fingerprint density at radius 1 is 1.40 bits per heavy atom. The van der Waals surface area contributed by atoms with Gasteiger partial charge in [-0.2, -0.15) is 5.10 Å². The van der Waals surface area contributed by atoms with E-state index in [-0.39, 0.29) is 6.04 Å². The molecule has 1 unspecified atom stereocenters. The molecule has 108 valence electrons. The van der Waals surface area contributed by atoms with E-state index in [4.69, 9.17) is 29.0 Å². The third-order valence-electron chi connectivity index (χ3n) is 3.13. The van der Waals surface area contributed by atoms with Crippen molar-refractivity contribution in [1.82, 2.24) is 15.2 Å². The predicted octanol–water partition coefficient (Wildman–Crippen LogP) is 3.35. The van der Waals surface area contributed by atoms with E-state index in [1.54, 1.807) is 6.20 Å². The van der Waals surface area contributed by atoms with Gasteiger partial charge in [-0.15, -0.1) is 0 Å². The summed E-state index contributed by atoms with van der Waals surface area (Å²) in [7, 11) is 0. The molecule has 3 N–H and O–H groups in total. The molecule has 1 aromatic heterocycles. The molecule has 1 atom stereocenters. The second-order valence-electron chi connectivity index (χ2n) is 4.65. The molecule has 0 aliphatic rings. The Morgan fingerprint density at radius 2 is 2.20 bits per heavy atom. The Bertz CT molecular complexity index is 568. The number of nitrogens with two attached hydrogens (primary N) is 1. The molecule has 0 spiro atoms. The average Bonchev–Trinajstić information content (AvgIpc) is 2.78. The minimum absolute atomic E-state index is 0.102. The standard InChI is InChI=1S/C14H18Cl2N4/c1-2-6-20-14(12(16)9-18-20)13(19-17)8-10-4-3-5-11(15)7-10/h3-5,7,9,13,19H,2,6,8,17H2,1H3. The SMILES string of the molecule is CCCn1ncc(Cl)c1C(Cc1cccc(Cl)c1)NN. The second-order valence-corrected chi connectivity index (χ2v) is 5.50. The molecule has 0 aliphatic carbocycles. The Balaban J connectivity index is 2.26. The van der Waals surface area contributed by atoms with E-state index in [0.29, 0.717) is 16.5 Å². The third kappa shape index (κ3) is 3.52. The minimum Gasteiger partial charge on any atom is -0.271 e. The van der Waals surface area contributed by atoms with Gasteiger partial charge in [0.05, 0.1) is 23.0 Å². The van der Waals surface area contributed by atoms with Crippen molar-refractivity contribution in [2.45, 2.75) is 32.4 Å². The van der Waals surface area contributed by atoms with E-state index in [9.17, 15) is 0 Å². The smallest absolute Gasteiger partial charge is 0.0834 e. The molecule has 0 radical (unpaired) electrons. The third-order valence-corrected chi connectivity index (χ3v) is 3.66. The maximum Gasteiger partial charge on any atom is 0.0834 e. The van der Waals surface area contributed by atoms with Gasteiger partial charge in [-0.25, -0.2) is 0 Å². The largest absolute Gasteiger partial charge is 0.271 e. The normalized spacial score (nSPS) is 12.6. The van der Waals surface area contributed by atoms with Gasteiger partial charge in [-0.1, -0.05) is 42.3 Å². The number of benzene rings is 1. The lowest BCUT2D eigenvalue weighted by atomic mass is 10.0. The summed E-state index contributed by atoms with van der Waals surface area (Å²) in [6.07, 6.45) is 3.35. The van der Waals surface area contributed by atoms with Crippen LogP contribution in [0.1, 0.15) is 30.6 Å². The maximum absolute atomic E-state index is 6.25. The van der Waals surface area contributed by atoms with Crippen LogP contribution in [0.3, 0.4) is 0 Å². The van der Waals surface area contributed by atoms with E-state index in [2.05, 4.69) is 17.4 Å². The molecule has 2 aromatic rings. The highest BCUT2D eigenvalue weighted by Gasteiger charge is 2.19. The number of hydrogen-bond acceptors (Lipinski definition) is 3. The van der Waals surface area contributed by atoms with E-state index < -0.39 is 0 Å². The molecule has 0 saturated heterocycles. The molecule has 6 heteroatoms. The molecule has 0 saturated carbocycles. The lowest BCUT2D eigenvalue weighted by molar-refractivity contribution is 0.478. The highest BCUT2D eigenvalue weighted by molar-refractivity contribution is 6.31. The number of nitrogens with zero attached hydrogens (tertiary/aromatic N) is 2. The van der Waals surface area contributed by atoms with Crippen LogP contribution in [0.25, 0.3) is 0 Å². The zero-order chi connectivity index (χ0) is 14.5. The van der Waals surface area contributed by atoms with Gasteiger partial charge in [0.15, 0.2) is 0 Å². The molecular weight excluding hydrogens is 295 g/mol. The van der Waals surface area contributed by atoms with Crippen LogP contribution in [0.2, 0.25) is 10.0 Å². The van der Waals surface area contributed by atoms with Crippen molar-refractivity contribution in [2.24, 2.45) is 5.84 Å². The van der Waals surface area contributed by atoms with Crippen LogP contribution in [0, 0.1) is 0 Å². The van der Waals surface area contributed by atoms with E-state index in [0.717, 1.165) is 24.2 Å². The highest BCUT2D eigenvalue weighted by Crippen LogP contribution is 2.26. The molecule has 0 fully saturated rings. The van der Waals surface area contributed by atoms with Crippen molar-refractivity contribution in [1.29, 1.82) is 0 Å². The number of hydrogen-bond donors (Lipinski definition) is 2. The van der Waals surface area contributed by atoms with Crippen LogP contribution in [-0.4, -0.2) is 9.78 Å². The summed E-state index contributed by atoms with van der Waals surface area (Å²) in [5, 5.41) is 5.64. The molecule has 2 rings (SSSR count). The number of aryl methyl sites for hydroxylation is 1. The first-order chi connectivity index (χ1) is 9.65. The van der Waals surface area contributed by atoms with Gasteiger partial charge < -0.3 is 0 Å². The summed E-state index contributed by atoms with van der Waals surface area (Å²) in [6, 6.07) is 7.63. The molecule has 0 aliphatic heterocycles. The molecular formula is C14H18Cl2N4. The van der Waals surface area contributed by atoms with Crippen molar-refractivity contribution >= 4 is 23.2 Å². The van der Waals surface area contributed by atoms with E-state index in [1.165, 1.54) is 0 Å². The van der Waals surface area contributed by atoms with Crippen molar-refractivity contribution < 1.29 is 0 Å². The topological polar surface area (TPSA) is 55.9 Å². The monoisotopic (exact) mass is 312 g/mol. The van der Waals surface area contributed by atoms with Crippen molar-refractivity contribution in [3.8, 4) is 0 Å². The maximum atomic E-state index is 6.25. The molecule has 1 heterocycles. The number of rotatable bonds is 6. The summed E-state index contributed by atoms with van der Waals surface area (Å²) >= 11 is 12.3. The predicted molar refractivity (Wildman–Crippen MR) is 82.7 cm³/mol.